The van der Waals surface area contributed by atoms with Crippen LogP contribution in [0.3, 0.4) is 0 Å². The lowest BCUT2D eigenvalue weighted by molar-refractivity contribution is 0.648. The van der Waals surface area contributed by atoms with Crippen molar-refractivity contribution < 1.29 is 0 Å². The SMILES string of the molecule is C=CCC(CCC)Nc1ccccc1. The van der Waals surface area contributed by atoms with E-state index in [0.717, 1.165) is 6.42 Å². The van der Waals surface area contributed by atoms with Crippen molar-refractivity contribution in [2.75, 3.05) is 5.32 Å². The Kier molecular flexibility index (Phi) is 4.84. The summed E-state index contributed by atoms with van der Waals surface area (Å²) in [6.45, 7) is 6.00. The molecule has 1 N–H and O–H groups in total. The van der Waals surface area contributed by atoms with Crippen molar-refractivity contribution in [2.24, 2.45) is 0 Å². The number of anilines is 1. The summed E-state index contributed by atoms with van der Waals surface area (Å²) in [4.78, 5) is 0. The van der Waals surface area contributed by atoms with Crippen LogP contribution in [0.4, 0.5) is 5.69 Å². The van der Waals surface area contributed by atoms with Crippen LogP contribution in [0.2, 0.25) is 0 Å². The highest BCUT2D eigenvalue weighted by Gasteiger charge is 2.04. The van der Waals surface area contributed by atoms with Gasteiger partial charge in [-0.15, -0.1) is 6.58 Å². The van der Waals surface area contributed by atoms with Crippen LogP contribution in [0.5, 0.6) is 0 Å². The first-order valence-electron chi connectivity index (χ1n) is 5.29. The van der Waals surface area contributed by atoms with Crippen LogP contribution in [-0.4, -0.2) is 6.04 Å². The summed E-state index contributed by atoms with van der Waals surface area (Å²) in [6, 6.07) is 10.9. The second-order valence-electron chi connectivity index (χ2n) is 3.52. The van der Waals surface area contributed by atoms with E-state index in [9.17, 15) is 0 Å². The molecule has 0 amide bonds. The minimum Gasteiger partial charge on any atom is -0.382 e. The van der Waals surface area contributed by atoms with E-state index < -0.39 is 0 Å². The van der Waals surface area contributed by atoms with Crippen molar-refractivity contribution in [1.82, 2.24) is 0 Å². The summed E-state index contributed by atoms with van der Waals surface area (Å²) in [5, 5.41) is 3.51. The first-order chi connectivity index (χ1) is 6.86. The monoisotopic (exact) mass is 189 g/mol. The Morgan fingerprint density at radius 2 is 2.07 bits per heavy atom. The standard InChI is InChI=1S/C13H19N/c1-3-8-12(9-4-2)14-13-10-6-5-7-11-13/h3,5-7,10-12,14H,1,4,8-9H2,2H3. The number of nitrogens with one attached hydrogen (secondary N) is 1. The second-order valence-corrected chi connectivity index (χ2v) is 3.52. The third-order valence-corrected chi connectivity index (χ3v) is 2.23. The maximum absolute atomic E-state index is 3.78. The number of benzene rings is 1. The number of para-hydroxylation sites is 1. The van der Waals surface area contributed by atoms with Crippen LogP contribution in [0.15, 0.2) is 43.0 Å². The summed E-state index contributed by atoms with van der Waals surface area (Å²) in [6.07, 6.45) is 5.41. The molecule has 0 fully saturated rings. The molecule has 0 saturated heterocycles. The summed E-state index contributed by atoms with van der Waals surface area (Å²) >= 11 is 0. The van der Waals surface area contributed by atoms with Crippen molar-refractivity contribution in [3.05, 3.63) is 43.0 Å². The van der Waals surface area contributed by atoms with Crippen molar-refractivity contribution in [3.8, 4) is 0 Å². The van der Waals surface area contributed by atoms with Crippen molar-refractivity contribution in [2.45, 2.75) is 32.2 Å². The average molecular weight is 189 g/mol. The van der Waals surface area contributed by atoms with Crippen LogP contribution in [0, 0.1) is 0 Å². The molecular weight excluding hydrogens is 170 g/mol. The lowest BCUT2D eigenvalue weighted by Gasteiger charge is -2.17. The van der Waals surface area contributed by atoms with E-state index in [1.165, 1.54) is 18.5 Å². The van der Waals surface area contributed by atoms with Gasteiger partial charge in [0.2, 0.25) is 0 Å². The Bertz CT molecular complexity index is 253. The van der Waals surface area contributed by atoms with Gasteiger partial charge < -0.3 is 5.32 Å². The first-order valence-corrected chi connectivity index (χ1v) is 5.29. The maximum atomic E-state index is 3.78. The Balaban J connectivity index is 2.50. The second kappa shape index (κ2) is 6.25. The van der Waals surface area contributed by atoms with Gasteiger partial charge in [0.15, 0.2) is 0 Å². The molecule has 0 aromatic heterocycles. The van der Waals surface area contributed by atoms with Crippen LogP contribution in [0.1, 0.15) is 26.2 Å². The number of hydrogen-bond donors (Lipinski definition) is 1. The number of rotatable bonds is 6. The fourth-order valence-corrected chi connectivity index (χ4v) is 1.57. The van der Waals surface area contributed by atoms with Crippen molar-refractivity contribution >= 4 is 5.69 Å². The normalized spacial score (nSPS) is 12.1. The lowest BCUT2D eigenvalue weighted by atomic mass is 10.1. The fraction of sp³-hybridized carbons (Fsp3) is 0.385. The Morgan fingerprint density at radius 3 is 2.64 bits per heavy atom. The molecule has 0 saturated carbocycles. The molecular formula is C13H19N. The zero-order valence-electron chi connectivity index (χ0n) is 8.87. The first kappa shape index (κ1) is 10.8. The molecule has 14 heavy (non-hydrogen) atoms. The van der Waals surface area contributed by atoms with E-state index >= 15 is 0 Å². The Labute approximate surface area is 86.8 Å². The summed E-state index contributed by atoms with van der Waals surface area (Å²) in [5.41, 5.74) is 1.20. The van der Waals surface area contributed by atoms with Gasteiger partial charge in [0, 0.05) is 11.7 Å². The molecule has 1 nitrogen and oxygen atoms in total. The van der Waals surface area contributed by atoms with E-state index in [1.807, 2.05) is 12.1 Å². The molecule has 1 heteroatoms. The van der Waals surface area contributed by atoms with Crippen LogP contribution in [-0.2, 0) is 0 Å². The maximum Gasteiger partial charge on any atom is 0.0342 e. The zero-order chi connectivity index (χ0) is 10.2. The van der Waals surface area contributed by atoms with Gasteiger partial charge in [-0.3, -0.25) is 0 Å². The molecule has 1 unspecified atom stereocenters. The predicted octanol–water partition coefficient (Wildman–Crippen LogP) is 3.84. The highest BCUT2D eigenvalue weighted by molar-refractivity contribution is 5.43. The third-order valence-electron chi connectivity index (χ3n) is 2.23. The van der Waals surface area contributed by atoms with Gasteiger partial charge in [-0.2, -0.15) is 0 Å². The molecule has 0 radical (unpaired) electrons. The molecule has 1 atom stereocenters. The van der Waals surface area contributed by atoms with Gasteiger partial charge >= 0.3 is 0 Å². The van der Waals surface area contributed by atoms with Gasteiger partial charge in [-0.05, 0) is 25.0 Å². The topological polar surface area (TPSA) is 12.0 Å². The predicted molar refractivity (Wildman–Crippen MR) is 63.6 cm³/mol. The van der Waals surface area contributed by atoms with E-state index in [0.29, 0.717) is 6.04 Å². The van der Waals surface area contributed by atoms with E-state index in [4.69, 9.17) is 0 Å². The molecule has 0 heterocycles. The van der Waals surface area contributed by atoms with Crippen LogP contribution >= 0.6 is 0 Å². The molecule has 0 aliphatic rings. The molecule has 1 aromatic carbocycles. The largest absolute Gasteiger partial charge is 0.382 e. The molecule has 0 bridgehead atoms. The molecule has 0 aliphatic carbocycles. The van der Waals surface area contributed by atoms with E-state index in [2.05, 4.69) is 43.1 Å². The Morgan fingerprint density at radius 1 is 1.36 bits per heavy atom. The molecule has 1 aromatic rings. The number of hydrogen-bond acceptors (Lipinski definition) is 1. The minimum atomic E-state index is 0.528. The van der Waals surface area contributed by atoms with Crippen molar-refractivity contribution in [1.29, 1.82) is 0 Å². The highest BCUT2D eigenvalue weighted by atomic mass is 14.9. The average Bonchev–Trinajstić information content (AvgIpc) is 2.20. The van der Waals surface area contributed by atoms with E-state index in [-0.39, 0.29) is 0 Å². The smallest absolute Gasteiger partial charge is 0.0342 e. The fourth-order valence-electron chi connectivity index (χ4n) is 1.57. The lowest BCUT2D eigenvalue weighted by Crippen LogP contribution is -2.18. The van der Waals surface area contributed by atoms with Gasteiger partial charge in [-0.25, -0.2) is 0 Å². The van der Waals surface area contributed by atoms with Gasteiger partial charge in [-0.1, -0.05) is 37.6 Å². The third kappa shape index (κ3) is 3.65. The van der Waals surface area contributed by atoms with Crippen LogP contribution in [0.25, 0.3) is 0 Å². The Hall–Kier alpha value is -1.24. The van der Waals surface area contributed by atoms with Crippen molar-refractivity contribution in [3.63, 3.8) is 0 Å². The summed E-state index contributed by atoms with van der Waals surface area (Å²) < 4.78 is 0. The van der Waals surface area contributed by atoms with Crippen LogP contribution < -0.4 is 5.32 Å². The quantitative estimate of drug-likeness (QED) is 0.670. The van der Waals surface area contributed by atoms with Gasteiger partial charge in [0.1, 0.15) is 0 Å². The van der Waals surface area contributed by atoms with Gasteiger partial charge in [0.25, 0.3) is 0 Å². The highest BCUT2D eigenvalue weighted by Crippen LogP contribution is 2.12. The van der Waals surface area contributed by atoms with Gasteiger partial charge in [0.05, 0.1) is 0 Å². The zero-order valence-corrected chi connectivity index (χ0v) is 8.87. The minimum absolute atomic E-state index is 0.528. The summed E-state index contributed by atoms with van der Waals surface area (Å²) in [7, 11) is 0. The molecule has 76 valence electrons. The summed E-state index contributed by atoms with van der Waals surface area (Å²) in [5.74, 6) is 0. The molecule has 1 rings (SSSR count). The van der Waals surface area contributed by atoms with E-state index in [1.54, 1.807) is 0 Å². The molecule has 0 aliphatic heterocycles. The molecule has 0 spiro atoms.